The van der Waals surface area contributed by atoms with Crippen molar-refractivity contribution < 1.29 is 32.0 Å². The van der Waals surface area contributed by atoms with Crippen LogP contribution in [0.15, 0.2) is 0 Å². The average molecular weight is 871 g/mol. The molecule has 0 saturated carbocycles. The van der Waals surface area contributed by atoms with Crippen molar-refractivity contribution in [1.82, 2.24) is 0 Å². The first-order chi connectivity index (χ1) is 29.3. The molecule has 60 heavy (non-hydrogen) atoms. The van der Waals surface area contributed by atoms with Gasteiger partial charge in [0.2, 0.25) is 0 Å². The van der Waals surface area contributed by atoms with Crippen molar-refractivity contribution in [3.05, 3.63) is 0 Å². The summed E-state index contributed by atoms with van der Waals surface area (Å²) in [6.07, 6.45) is 56.4. The monoisotopic (exact) mass is 871 g/mol. The molecule has 1 unspecified atom stereocenters. The minimum atomic E-state index is -4.78. The number of hydrogen-bond acceptors (Lipinski definition) is 6. The van der Waals surface area contributed by atoms with Gasteiger partial charge in [-0.15, -0.1) is 0 Å². The fraction of sp³-hybridized carbons (Fsp3) is 0.962. The standard InChI is InChI=1S/C52H102O7S/c1-3-5-7-9-11-13-15-17-19-21-23-25-27-29-31-33-35-37-39-41-43-45-47-58-51(53)49-50(60(55,56)57)52(54)59-48-46-44-42-40-38-36-34-32-30-28-26-24-22-20-18-16-14-12-10-8-6-4-2/h50H,3-49H2,1-2H3,(H,55,56,57). The number of carbonyl (C=O) groups excluding carboxylic acids is 2. The molecule has 1 N–H and O–H groups in total. The van der Waals surface area contributed by atoms with Gasteiger partial charge in [0.15, 0.2) is 5.25 Å². The zero-order valence-electron chi connectivity index (χ0n) is 40.1. The lowest BCUT2D eigenvalue weighted by Gasteiger charge is -2.13. The minimum Gasteiger partial charge on any atom is -0.466 e. The van der Waals surface area contributed by atoms with E-state index in [2.05, 4.69) is 13.8 Å². The average Bonchev–Trinajstić information content (AvgIpc) is 3.22. The van der Waals surface area contributed by atoms with E-state index in [9.17, 15) is 22.6 Å². The molecule has 0 spiro atoms. The Kier molecular flexibility index (Phi) is 46.4. The van der Waals surface area contributed by atoms with E-state index in [1.165, 1.54) is 238 Å². The molecular weight excluding hydrogens is 769 g/mol. The van der Waals surface area contributed by atoms with Gasteiger partial charge in [-0.2, -0.15) is 8.42 Å². The molecular formula is C52H102O7S. The van der Waals surface area contributed by atoms with Crippen LogP contribution in [-0.2, 0) is 29.2 Å². The second kappa shape index (κ2) is 47.3. The summed E-state index contributed by atoms with van der Waals surface area (Å²) in [4.78, 5) is 24.7. The van der Waals surface area contributed by atoms with E-state index in [1.54, 1.807) is 0 Å². The summed E-state index contributed by atoms with van der Waals surface area (Å²) in [5.74, 6) is -1.88. The van der Waals surface area contributed by atoms with Gasteiger partial charge in [0.05, 0.1) is 19.6 Å². The fourth-order valence-electron chi connectivity index (χ4n) is 8.39. The molecule has 8 heteroatoms. The van der Waals surface area contributed by atoms with Crippen LogP contribution in [0.3, 0.4) is 0 Å². The Labute approximate surface area is 374 Å². The summed E-state index contributed by atoms with van der Waals surface area (Å²) in [5, 5.41) is -1.94. The molecule has 0 aliphatic heterocycles. The maximum absolute atomic E-state index is 12.5. The van der Waals surface area contributed by atoms with Crippen LogP contribution in [0.2, 0.25) is 0 Å². The van der Waals surface area contributed by atoms with E-state index >= 15 is 0 Å². The first-order valence-corrected chi connectivity index (χ1v) is 28.1. The van der Waals surface area contributed by atoms with Crippen LogP contribution in [0.4, 0.5) is 0 Å². The Morgan fingerprint density at radius 2 is 0.550 bits per heavy atom. The van der Waals surface area contributed by atoms with Crippen LogP contribution in [-0.4, -0.2) is 43.4 Å². The highest BCUT2D eigenvalue weighted by Gasteiger charge is 2.35. The topological polar surface area (TPSA) is 107 Å². The molecule has 7 nitrogen and oxygen atoms in total. The van der Waals surface area contributed by atoms with E-state index in [-0.39, 0.29) is 13.2 Å². The zero-order chi connectivity index (χ0) is 43.9. The highest BCUT2D eigenvalue weighted by molar-refractivity contribution is 7.87. The fourth-order valence-corrected chi connectivity index (χ4v) is 9.05. The van der Waals surface area contributed by atoms with E-state index < -0.39 is 33.7 Å². The van der Waals surface area contributed by atoms with Crippen LogP contribution in [0.1, 0.15) is 303 Å². The number of ether oxygens (including phenoxy) is 2. The van der Waals surface area contributed by atoms with Gasteiger partial charge in [0.25, 0.3) is 10.1 Å². The molecule has 0 heterocycles. The molecule has 0 aromatic rings. The van der Waals surface area contributed by atoms with Crippen LogP contribution in [0, 0.1) is 0 Å². The molecule has 358 valence electrons. The van der Waals surface area contributed by atoms with Crippen LogP contribution in [0.5, 0.6) is 0 Å². The van der Waals surface area contributed by atoms with Gasteiger partial charge in [-0.25, -0.2) is 0 Å². The van der Waals surface area contributed by atoms with Crippen molar-refractivity contribution in [2.24, 2.45) is 0 Å². The zero-order valence-corrected chi connectivity index (χ0v) is 40.9. The molecule has 0 saturated heterocycles. The third-order valence-corrected chi connectivity index (χ3v) is 13.6. The third-order valence-electron chi connectivity index (χ3n) is 12.5. The summed E-state index contributed by atoms with van der Waals surface area (Å²) in [5.41, 5.74) is 0. The van der Waals surface area contributed by atoms with E-state index in [0.29, 0.717) is 12.8 Å². The quantitative estimate of drug-likeness (QED) is 0.0368. The normalized spacial score (nSPS) is 12.2. The van der Waals surface area contributed by atoms with Crippen molar-refractivity contribution in [3.8, 4) is 0 Å². The number of esters is 2. The predicted molar refractivity (Wildman–Crippen MR) is 256 cm³/mol. The highest BCUT2D eigenvalue weighted by Crippen LogP contribution is 2.18. The molecule has 0 aromatic carbocycles. The smallest absolute Gasteiger partial charge is 0.327 e. The molecule has 0 fully saturated rings. The van der Waals surface area contributed by atoms with Gasteiger partial charge in [-0.1, -0.05) is 284 Å². The number of rotatable bonds is 50. The van der Waals surface area contributed by atoms with Crippen LogP contribution >= 0.6 is 0 Å². The van der Waals surface area contributed by atoms with Crippen molar-refractivity contribution in [2.75, 3.05) is 13.2 Å². The minimum absolute atomic E-state index is 0.0818. The lowest BCUT2D eigenvalue weighted by molar-refractivity contribution is -0.150. The van der Waals surface area contributed by atoms with Crippen molar-refractivity contribution in [3.63, 3.8) is 0 Å². The second-order valence-electron chi connectivity index (χ2n) is 18.4. The Balaban J connectivity index is 3.60. The maximum Gasteiger partial charge on any atom is 0.327 e. The molecule has 0 bridgehead atoms. The molecule has 1 atom stereocenters. The molecule has 0 rings (SSSR count). The lowest BCUT2D eigenvalue weighted by Crippen LogP contribution is -2.34. The second-order valence-corrected chi connectivity index (χ2v) is 20.0. The molecule has 0 aromatic heterocycles. The van der Waals surface area contributed by atoms with Crippen molar-refractivity contribution in [2.45, 2.75) is 308 Å². The number of carbonyl (C=O) groups is 2. The number of unbranched alkanes of at least 4 members (excludes halogenated alkanes) is 42. The van der Waals surface area contributed by atoms with Gasteiger partial charge in [0, 0.05) is 0 Å². The first-order valence-electron chi connectivity index (χ1n) is 26.6. The van der Waals surface area contributed by atoms with Gasteiger partial charge >= 0.3 is 11.9 Å². The van der Waals surface area contributed by atoms with Gasteiger partial charge in [0.1, 0.15) is 0 Å². The van der Waals surface area contributed by atoms with Crippen molar-refractivity contribution >= 4 is 22.1 Å². The predicted octanol–water partition coefficient (Wildman–Crippen LogP) is 16.9. The SMILES string of the molecule is CCCCCCCCCCCCCCCCCCCCCCCCOC(=O)CC(C(=O)OCCCCCCCCCCCCCCCCCCCCCCCC)S(=O)(=O)O. The Hall–Kier alpha value is -1.15. The van der Waals surface area contributed by atoms with E-state index in [1.807, 2.05) is 0 Å². The highest BCUT2D eigenvalue weighted by atomic mass is 32.2. The van der Waals surface area contributed by atoms with Gasteiger partial charge < -0.3 is 9.47 Å². The Bertz CT molecular complexity index is 1000. The van der Waals surface area contributed by atoms with Crippen LogP contribution in [0.25, 0.3) is 0 Å². The lowest BCUT2D eigenvalue weighted by atomic mass is 10.0. The maximum atomic E-state index is 12.5. The third kappa shape index (κ3) is 44.9. The summed E-state index contributed by atoms with van der Waals surface area (Å²) in [6.45, 7) is 4.83. The molecule has 0 amide bonds. The van der Waals surface area contributed by atoms with Crippen LogP contribution < -0.4 is 0 Å². The van der Waals surface area contributed by atoms with E-state index in [4.69, 9.17) is 9.47 Å². The Morgan fingerprint density at radius 1 is 0.350 bits per heavy atom. The first kappa shape index (κ1) is 58.9. The summed E-state index contributed by atoms with van der Waals surface area (Å²) in [6, 6.07) is 0. The van der Waals surface area contributed by atoms with E-state index in [0.717, 1.165) is 32.1 Å². The Morgan fingerprint density at radius 3 is 0.767 bits per heavy atom. The molecule has 0 radical (unpaired) electrons. The summed E-state index contributed by atoms with van der Waals surface area (Å²) in [7, 11) is -4.78. The summed E-state index contributed by atoms with van der Waals surface area (Å²) < 4.78 is 43.7. The molecule has 0 aliphatic carbocycles. The number of hydrogen-bond donors (Lipinski definition) is 1. The van der Waals surface area contributed by atoms with Gasteiger partial charge in [-0.3, -0.25) is 14.1 Å². The van der Waals surface area contributed by atoms with Gasteiger partial charge in [-0.05, 0) is 12.8 Å². The largest absolute Gasteiger partial charge is 0.466 e. The summed E-state index contributed by atoms with van der Waals surface area (Å²) >= 11 is 0. The van der Waals surface area contributed by atoms with Crippen molar-refractivity contribution in [1.29, 1.82) is 0 Å². The molecule has 0 aliphatic rings.